The maximum absolute atomic E-state index is 11.8. The Morgan fingerprint density at radius 1 is 1.12 bits per heavy atom. The summed E-state index contributed by atoms with van der Waals surface area (Å²) < 4.78 is 15.7. The second-order valence-corrected chi connectivity index (χ2v) is 5.17. The predicted molar refractivity (Wildman–Crippen MR) is 89.4 cm³/mol. The van der Waals surface area contributed by atoms with E-state index in [0.717, 1.165) is 0 Å². The Bertz CT molecular complexity index is 806. The molecule has 0 fully saturated rings. The molecule has 0 aliphatic carbocycles. The van der Waals surface area contributed by atoms with Crippen LogP contribution in [0, 0.1) is 11.3 Å². The summed E-state index contributed by atoms with van der Waals surface area (Å²) in [5, 5.41) is 8.73. The standard InChI is InChI=1S/C19H17NO5/c1-13(21)15-5-8-18(23-2)16(9-15)11-25-19(22)12-24-17-6-3-14(10-20)4-7-17/h3-9H,11-12H2,1-2H3. The minimum atomic E-state index is -0.556. The molecule has 0 aromatic heterocycles. The van der Waals surface area contributed by atoms with Gasteiger partial charge in [0.05, 0.1) is 18.7 Å². The Kier molecular flexibility index (Phi) is 6.13. The lowest BCUT2D eigenvalue weighted by atomic mass is 10.1. The number of nitrogens with zero attached hydrogens (tertiary/aromatic N) is 1. The van der Waals surface area contributed by atoms with Gasteiger partial charge in [0.25, 0.3) is 0 Å². The lowest BCUT2D eigenvalue weighted by Gasteiger charge is -2.11. The van der Waals surface area contributed by atoms with Crippen LogP contribution in [0.15, 0.2) is 42.5 Å². The molecule has 6 heteroatoms. The van der Waals surface area contributed by atoms with Crippen molar-refractivity contribution in [2.24, 2.45) is 0 Å². The molecule has 0 N–H and O–H groups in total. The molecule has 2 rings (SSSR count). The van der Waals surface area contributed by atoms with Crippen LogP contribution < -0.4 is 9.47 Å². The first-order valence-corrected chi connectivity index (χ1v) is 7.50. The van der Waals surface area contributed by atoms with Gasteiger partial charge in [-0.2, -0.15) is 5.26 Å². The number of rotatable bonds is 7. The molecule has 0 bridgehead atoms. The van der Waals surface area contributed by atoms with Crippen LogP contribution >= 0.6 is 0 Å². The summed E-state index contributed by atoms with van der Waals surface area (Å²) in [6.07, 6.45) is 0. The first-order chi connectivity index (χ1) is 12.0. The Hall–Kier alpha value is -3.33. The summed E-state index contributed by atoms with van der Waals surface area (Å²) >= 11 is 0. The van der Waals surface area contributed by atoms with E-state index in [1.807, 2.05) is 6.07 Å². The van der Waals surface area contributed by atoms with E-state index in [4.69, 9.17) is 19.5 Å². The van der Waals surface area contributed by atoms with Crippen molar-refractivity contribution >= 4 is 11.8 Å². The molecule has 0 aliphatic heterocycles. The summed E-state index contributed by atoms with van der Waals surface area (Å²) in [5.41, 5.74) is 1.62. The molecule has 0 heterocycles. The molecule has 0 unspecified atom stereocenters. The molecular weight excluding hydrogens is 322 g/mol. The van der Waals surface area contributed by atoms with Gasteiger partial charge < -0.3 is 14.2 Å². The zero-order valence-corrected chi connectivity index (χ0v) is 13.9. The second-order valence-electron chi connectivity index (χ2n) is 5.17. The average Bonchev–Trinajstić information content (AvgIpc) is 2.64. The molecule has 0 atom stereocenters. The number of benzene rings is 2. The lowest BCUT2D eigenvalue weighted by molar-refractivity contribution is -0.147. The quantitative estimate of drug-likeness (QED) is 0.569. The monoisotopic (exact) mass is 339 g/mol. The van der Waals surface area contributed by atoms with Gasteiger partial charge in [-0.05, 0) is 49.4 Å². The molecule has 25 heavy (non-hydrogen) atoms. The molecule has 0 aliphatic rings. The van der Waals surface area contributed by atoms with Gasteiger partial charge in [0.15, 0.2) is 12.4 Å². The Morgan fingerprint density at radius 3 is 2.44 bits per heavy atom. The van der Waals surface area contributed by atoms with Crippen molar-refractivity contribution in [3.63, 3.8) is 0 Å². The number of ether oxygens (including phenoxy) is 3. The normalized spacial score (nSPS) is 9.80. The first-order valence-electron chi connectivity index (χ1n) is 7.50. The smallest absolute Gasteiger partial charge is 0.344 e. The number of Topliss-reactive ketones (excluding diaryl/α,β-unsaturated/α-hetero) is 1. The summed E-state index contributed by atoms with van der Waals surface area (Å²) in [6.45, 7) is 1.17. The van der Waals surface area contributed by atoms with E-state index in [1.165, 1.54) is 14.0 Å². The summed E-state index contributed by atoms with van der Waals surface area (Å²) in [5.74, 6) is 0.358. The highest BCUT2D eigenvalue weighted by Gasteiger charge is 2.11. The third-order valence-corrected chi connectivity index (χ3v) is 3.42. The van der Waals surface area contributed by atoms with E-state index in [2.05, 4.69) is 0 Å². The fraction of sp³-hybridized carbons (Fsp3) is 0.211. The molecular formula is C19H17NO5. The second kappa shape index (κ2) is 8.50. The van der Waals surface area contributed by atoms with Crippen molar-refractivity contribution < 1.29 is 23.8 Å². The molecule has 0 amide bonds. The van der Waals surface area contributed by atoms with Crippen LogP contribution in [-0.2, 0) is 16.1 Å². The van der Waals surface area contributed by atoms with Crippen molar-refractivity contribution in [3.05, 3.63) is 59.2 Å². The number of esters is 1. The lowest BCUT2D eigenvalue weighted by Crippen LogP contribution is -2.15. The van der Waals surface area contributed by atoms with Crippen LogP contribution in [0.4, 0.5) is 0 Å². The molecule has 0 saturated heterocycles. The Morgan fingerprint density at radius 2 is 1.84 bits per heavy atom. The Labute approximate surface area is 145 Å². The number of ketones is 1. The van der Waals surface area contributed by atoms with Gasteiger partial charge in [0, 0.05) is 11.1 Å². The van der Waals surface area contributed by atoms with Gasteiger partial charge in [-0.1, -0.05) is 0 Å². The van der Waals surface area contributed by atoms with Gasteiger partial charge in [0.1, 0.15) is 18.1 Å². The number of hydrogen-bond acceptors (Lipinski definition) is 6. The minimum absolute atomic E-state index is 0.0279. The van der Waals surface area contributed by atoms with Gasteiger partial charge in [-0.3, -0.25) is 4.79 Å². The highest BCUT2D eigenvalue weighted by Crippen LogP contribution is 2.21. The van der Waals surface area contributed by atoms with Crippen LogP contribution in [0.5, 0.6) is 11.5 Å². The molecule has 0 spiro atoms. The molecule has 0 radical (unpaired) electrons. The zero-order chi connectivity index (χ0) is 18.2. The van der Waals surface area contributed by atoms with Crippen LogP contribution in [0.3, 0.4) is 0 Å². The van der Waals surface area contributed by atoms with Crippen LogP contribution in [0.1, 0.15) is 28.4 Å². The van der Waals surface area contributed by atoms with Gasteiger partial charge in [-0.15, -0.1) is 0 Å². The predicted octanol–water partition coefficient (Wildman–Crippen LogP) is 2.89. The maximum atomic E-state index is 11.8. The highest BCUT2D eigenvalue weighted by atomic mass is 16.6. The fourth-order valence-corrected chi connectivity index (χ4v) is 2.08. The maximum Gasteiger partial charge on any atom is 0.344 e. The molecule has 2 aromatic carbocycles. The van der Waals surface area contributed by atoms with Gasteiger partial charge >= 0.3 is 5.97 Å². The summed E-state index contributed by atoms with van der Waals surface area (Å²) in [7, 11) is 1.50. The van der Waals surface area contributed by atoms with Gasteiger partial charge in [0.2, 0.25) is 0 Å². The molecule has 2 aromatic rings. The Balaban J connectivity index is 1.92. The van der Waals surface area contributed by atoms with E-state index in [1.54, 1.807) is 42.5 Å². The average molecular weight is 339 g/mol. The van der Waals surface area contributed by atoms with E-state index >= 15 is 0 Å². The fourth-order valence-electron chi connectivity index (χ4n) is 2.08. The van der Waals surface area contributed by atoms with Gasteiger partial charge in [-0.25, -0.2) is 4.79 Å². The number of hydrogen-bond donors (Lipinski definition) is 0. The van der Waals surface area contributed by atoms with Crippen molar-refractivity contribution in [2.45, 2.75) is 13.5 Å². The zero-order valence-electron chi connectivity index (χ0n) is 13.9. The molecule has 0 saturated carbocycles. The number of nitriles is 1. The number of carbonyl (C=O) groups excluding carboxylic acids is 2. The van der Waals surface area contributed by atoms with Crippen molar-refractivity contribution in [3.8, 4) is 17.6 Å². The number of methoxy groups -OCH3 is 1. The van der Waals surface area contributed by atoms with E-state index < -0.39 is 5.97 Å². The molecule has 128 valence electrons. The van der Waals surface area contributed by atoms with Crippen LogP contribution in [0.25, 0.3) is 0 Å². The molecule has 6 nitrogen and oxygen atoms in total. The van der Waals surface area contributed by atoms with E-state index in [9.17, 15) is 9.59 Å². The summed E-state index contributed by atoms with van der Waals surface area (Å²) in [4.78, 5) is 23.3. The van der Waals surface area contributed by atoms with Crippen LogP contribution in [0.2, 0.25) is 0 Å². The number of carbonyl (C=O) groups is 2. The largest absolute Gasteiger partial charge is 0.496 e. The minimum Gasteiger partial charge on any atom is -0.496 e. The van der Waals surface area contributed by atoms with Crippen molar-refractivity contribution in [1.82, 2.24) is 0 Å². The third kappa shape index (κ3) is 5.08. The van der Waals surface area contributed by atoms with E-state index in [-0.39, 0.29) is 19.0 Å². The van der Waals surface area contributed by atoms with Crippen molar-refractivity contribution in [1.29, 1.82) is 5.26 Å². The first kappa shape index (κ1) is 18.0. The third-order valence-electron chi connectivity index (χ3n) is 3.42. The van der Waals surface area contributed by atoms with Crippen LogP contribution in [-0.4, -0.2) is 25.5 Å². The van der Waals surface area contributed by atoms with E-state index in [0.29, 0.717) is 28.2 Å². The topological polar surface area (TPSA) is 85.6 Å². The SMILES string of the molecule is COc1ccc(C(C)=O)cc1COC(=O)COc1ccc(C#N)cc1. The summed E-state index contributed by atoms with van der Waals surface area (Å²) in [6, 6.07) is 13.3. The highest BCUT2D eigenvalue weighted by molar-refractivity contribution is 5.94. The van der Waals surface area contributed by atoms with Crippen molar-refractivity contribution in [2.75, 3.05) is 13.7 Å².